The first-order valence-electron chi connectivity index (χ1n) is 10.2. The zero-order chi connectivity index (χ0) is 21.5. The highest BCUT2D eigenvalue weighted by atomic mass is 35.5. The molecule has 0 fully saturated rings. The summed E-state index contributed by atoms with van der Waals surface area (Å²) in [7, 11) is 0. The third-order valence-corrected chi connectivity index (χ3v) is 5.29. The molecular formula is C24H27ClFN3O. The number of benzene rings is 2. The van der Waals surface area contributed by atoms with Gasteiger partial charge in [-0.25, -0.2) is 9.37 Å². The number of hydrogen-bond donors (Lipinski definition) is 0. The highest BCUT2D eigenvalue weighted by molar-refractivity contribution is 6.31. The molecule has 4 nitrogen and oxygen atoms in total. The number of aryl methyl sites for hydroxylation is 1. The van der Waals surface area contributed by atoms with Crippen LogP contribution in [-0.2, 0) is 24.3 Å². The van der Waals surface area contributed by atoms with E-state index in [1.165, 1.54) is 6.07 Å². The van der Waals surface area contributed by atoms with Gasteiger partial charge in [-0.3, -0.25) is 4.79 Å². The molecule has 0 unspecified atom stereocenters. The number of hydrogen-bond acceptors (Lipinski definition) is 2. The summed E-state index contributed by atoms with van der Waals surface area (Å²) in [5, 5.41) is 0.382. The van der Waals surface area contributed by atoms with Gasteiger partial charge in [0.15, 0.2) is 0 Å². The fourth-order valence-electron chi connectivity index (χ4n) is 3.41. The SMILES string of the molecule is CC(C)CN(Cc1nccn1Cc1c(F)cccc1Cl)C(=O)CCc1ccccc1. The molecule has 0 atom stereocenters. The van der Waals surface area contributed by atoms with Gasteiger partial charge in [-0.15, -0.1) is 0 Å². The van der Waals surface area contributed by atoms with Crippen LogP contribution >= 0.6 is 11.6 Å². The Kier molecular flexibility index (Phi) is 7.63. The van der Waals surface area contributed by atoms with Gasteiger partial charge < -0.3 is 9.47 Å². The predicted molar refractivity (Wildman–Crippen MR) is 118 cm³/mol. The number of halogens is 2. The van der Waals surface area contributed by atoms with E-state index in [4.69, 9.17) is 11.6 Å². The normalized spacial score (nSPS) is 11.1. The van der Waals surface area contributed by atoms with Crippen LogP contribution in [0.4, 0.5) is 4.39 Å². The summed E-state index contributed by atoms with van der Waals surface area (Å²) in [4.78, 5) is 19.2. The third-order valence-electron chi connectivity index (χ3n) is 4.93. The van der Waals surface area contributed by atoms with Crippen LogP contribution in [0.3, 0.4) is 0 Å². The minimum atomic E-state index is -0.347. The molecule has 30 heavy (non-hydrogen) atoms. The number of carbonyl (C=O) groups is 1. The van der Waals surface area contributed by atoms with E-state index in [1.807, 2.05) is 39.8 Å². The van der Waals surface area contributed by atoms with E-state index in [0.717, 1.165) is 5.56 Å². The zero-order valence-corrected chi connectivity index (χ0v) is 18.1. The van der Waals surface area contributed by atoms with Crippen molar-refractivity contribution in [2.75, 3.05) is 6.54 Å². The lowest BCUT2D eigenvalue weighted by Gasteiger charge is -2.25. The molecular weight excluding hydrogens is 401 g/mol. The van der Waals surface area contributed by atoms with Gasteiger partial charge in [0.2, 0.25) is 5.91 Å². The molecule has 0 spiro atoms. The van der Waals surface area contributed by atoms with Crippen LogP contribution < -0.4 is 0 Å². The van der Waals surface area contributed by atoms with Gasteiger partial charge in [-0.2, -0.15) is 0 Å². The Balaban J connectivity index is 1.72. The molecule has 0 radical (unpaired) electrons. The van der Waals surface area contributed by atoms with Crippen molar-refractivity contribution in [3.8, 4) is 0 Å². The zero-order valence-electron chi connectivity index (χ0n) is 17.4. The Morgan fingerprint density at radius 3 is 2.63 bits per heavy atom. The molecule has 3 rings (SSSR count). The number of imidazole rings is 1. The number of carbonyl (C=O) groups excluding carboxylic acids is 1. The average Bonchev–Trinajstić information content (AvgIpc) is 3.15. The second kappa shape index (κ2) is 10.4. The van der Waals surface area contributed by atoms with E-state index in [9.17, 15) is 9.18 Å². The van der Waals surface area contributed by atoms with Crippen LogP contribution in [-0.4, -0.2) is 26.9 Å². The van der Waals surface area contributed by atoms with Gasteiger partial charge in [-0.05, 0) is 30.0 Å². The van der Waals surface area contributed by atoms with Crippen LogP contribution in [0.2, 0.25) is 5.02 Å². The number of rotatable bonds is 9. The summed E-state index contributed by atoms with van der Waals surface area (Å²) >= 11 is 6.18. The number of nitrogens with zero attached hydrogens (tertiary/aromatic N) is 3. The highest BCUT2D eigenvalue weighted by Crippen LogP contribution is 2.21. The number of aromatic nitrogens is 2. The molecule has 1 heterocycles. The lowest BCUT2D eigenvalue weighted by atomic mass is 10.1. The Morgan fingerprint density at radius 2 is 1.93 bits per heavy atom. The van der Waals surface area contributed by atoms with E-state index in [-0.39, 0.29) is 18.3 Å². The molecule has 6 heteroatoms. The summed E-state index contributed by atoms with van der Waals surface area (Å²) in [6, 6.07) is 14.7. The van der Waals surface area contributed by atoms with Gasteiger partial charge in [-0.1, -0.05) is 61.8 Å². The molecule has 1 amide bonds. The van der Waals surface area contributed by atoms with Crippen molar-refractivity contribution in [2.45, 2.75) is 39.8 Å². The first-order valence-corrected chi connectivity index (χ1v) is 10.6. The Morgan fingerprint density at radius 1 is 1.17 bits per heavy atom. The van der Waals surface area contributed by atoms with Crippen molar-refractivity contribution in [3.05, 3.63) is 88.7 Å². The minimum absolute atomic E-state index is 0.0889. The summed E-state index contributed by atoms with van der Waals surface area (Å²) < 4.78 is 16.1. The molecule has 158 valence electrons. The molecule has 0 aliphatic carbocycles. The van der Waals surface area contributed by atoms with E-state index < -0.39 is 0 Å². The maximum Gasteiger partial charge on any atom is 0.223 e. The minimum Gasteiger partial charge on any atom is -0.335 e. The smallest absolute Gasteiger partial charge is 0.223 e. The second-order valence-corrected chi connectivity index (χ2v) is 8.23. The maximum atomic E-state index is 14.2. The third kappa shape index (κ3) is 5.92. The highest BCUT2D eigenvalue weighted by Gasteiger charge is 2.19. The van der Waals surface area contributed by atoms with E-state index >= 15 is 0 Å². The second-order valence-electron chi connectivity index (χ2n) is 7.83. The average molecular weight is 428 g/mol. The molecule has 0 aliphatic heterocycles. The van der Waals surface area contributed by atoms with Crippen LogP contribution in [0.5, 0.6) is 0 Å². The lowest BCUT2D eigenvalue weighted by molar-refractivity contribution is -0.132. The quantitative estimate of drug-likeness (QED) is 0.462. The molecule has 0 saturated carbocycles. The molecule has 0 aliphatic rings. The molecule has 0 N–H and O–H groups in total. The molecule has 3 aromatic rings. The fourth-order valence-corrected chi connectivity index (χ4v) is 3.63. The first-order chi connectivity index (χ1) is 14.4. The van der Waals surface area contributed by atoms with Crippen LogP contribution in [0.15, 0.2) is 60.9 Å². The summed E-state index contributed by atoms with van der Waals surface area (Å²) in [5.74, 6) is 0.782. The molecule has 2 aromatic carbocycles. The van der Waals surface area contributed by atoms with Gasteiger partial charge >= 0.3 is 0 Å². The topological polar surface area (TPSA) is 38.1 Å². The fraction of sp³-hybridized carbons (Fsp3) is 0.333. The van der Waals surface area contributed by atoms with Gasteiger partial charge in [0.25, 0.3) is 0 Å². The summed E-state index contributed by atoms with van der Waals surface area (Å²) in [6.07, 6.45) is 4.61. The van der Waals surface area contributed by atoms with E-state index in [2.05, 4.69) is 18.8 Å². The van der Waals surface area contributed by atoms with Crippen LogP contribution in [0.1, 0.15) is 37.2 Å². The molecule has 1 aromatic heterocycles. The molecule has 0 bridgehead atoms. The van der Waals surface area contributed by atoms with Crippen molar-refractivity contribution < 1.29 is 9.18 Å². The Labute approximate surface area is 182 Å². The van der Waals surface area contributed by atoms with Crippen LogP contribution in [0.25, 0.3) is 0 Å². The van der Waals surface area contributed by atoms with Gasteiger partial charge in [0.1, 0.15) is 11.6 Å². The summed E-state index contributed by atoms with van der Waals surface area (Å²) in [6.45, 7) is 5.46. The Hall–Kier alpha value is -2.66. The van der Waals surface area contributed by atoms with Crippen molar-refractivity contribution in [1.29, 1.82) is 0 Å². The first kappa shape index (κ1) is 22.0. The molecule has 0 saturated heterocycles. The van der Waals surface area contributed by atoms with E-state index in [0.29, 0.717) is 48.3 Å². The monoisotopic (exact) mass is 427 g/mol. The predicted octanol–water partition coefficient (Wildman–Crippen LogP) is 5.34. The Bertz CT molecular complexity index is 951. The summed E-state index contributed by atoms with van der Waals surface area (Å²) in [5.41, 5.74) is 1.57. The van der Waals surface area contributed by atoms with Crippen molar-refractivity contribution in [2.24, 2.45) is 5.92 Å². The van der Waals surface area contributed by atoms with E-state index in [1.54, 1.807) is 24.5 Å². The largest absolute Gasteiger partial charge is 0.335 e. The standard InChI is InChI=1S/C24H27ClFN3O/c1-18(2)15-29(24(30)12-11-19-7-4-3-5-8-19)17-23-27-13-14-28(23)16-20-21(25)9-6-10-22(20)26/h3-10,13-14,18H,11-12,15-17H2,1-2H3. The van der Waals surface area contributed by atoms with Crippen molar-refractivity contribution in [3.63, 3.8) is 0 Å². The number of amides is 1. The van der Waals surface area contributed by atoms with Crippen molar-refractivity contribution in [1.82, 2.24) is 14.5 Å². The van der Waals surface area contributed by atoms with Gasteiger partial charge in [0, 0.05) is 35.9 Å². The van der Waals surface area contributed by atoms with Gasteiger partial charge in [0.05, 0.1) is 13.1 Å². The lowest BCUT2D eigenvalue weighted by Crippen LogP contribution is -2.35. The van der Waals surface area contributed by atoms with Crippen molar-refractivity contribution >= 4 is 17.5 Å². The van der Waals surface area contributed by atoms with Crippen LogP contribution in [0, 0.1) is 11.7 Å². The maximum absolute atomic E-state index is 14.2.